The van der Waals surface area contributed by atoms with Gasteiger partial charge < -0.3 is 14.5 Å². The molecule has 7 heteroatoms. The van der Waals surface area contributed by atoms with E-state index in [2.05, 4.69) is 10.3 Å². The molecular formula is C23H23ClN2O4. The molecule has 1 heterocycles. The molecule has 156 valence electrons. The first kappa shape index (κ1) is 21.6. The quantitative estimate of drug-likeness (QED) is 0.553. The van der Waals surface area contributed by atoms with Crippen LogP contribution in [0.2, 0.25) is 5.02 Å². The molecule has 0 fully saturated rings. The summed E-state index contributed by atoms with van der Waals surface area (Å²) in [6.45, 7) is 0. The van der Waals surface area contributed by atoms with Crippen molar-refractivity contribution < 1.29 is 18.7 Å². The lowest BCUT2D eigenvalue weighted by Crippen LogP contribution is -2.22. The van der Waals surface area contributed by atoms with Crippen LogP contribution in [0.4, 0.5) is 0 Å². The van der Waals surface area contributed by atoms with E-state index in [1.165, 1.54) is 13.4 Å². The first-order valence-electron chi connectivity index (χ1n) is 9.54. The Hall–Kier alpha value is -3.12. The summed E-state index contributed by atoms with van der Waals surface area (Å²) in [5, 5.41) is 3.19. The molecule has 0 bridgehead atoms. The van der Waals surface area contributed by atoms with Crippen LogP contribution in [0.3, 0.4) is 0 Å². The number of carbonyl (C=O) groups is 2. The van der Waals surface area contributed by atoms with E-state index in [-0.39, 0.29) is 36.1 Å². The number of amides is 1. The SMILES string of the molecule is CNC(=O)c1ncoc1[C@@H](CC(=O)Cc1ccc(Cl)cc1)Cc1ccc(OC)cc1. The van der Waals surface area contributed by atoms with Crippen LogP contribution in [-0.4, -0.2) is 30.8 Å². The average molecular weight is 427 g/mol. The van der Waals surface area contributed by atoms with Gasteiger partial charge in [-0.3, -0.25) is 9.59 Å². The van der Waals surface area contributed by atoms with E-state index < -0.39 is 0 Å². The van der Waals surface area contributed by atoms with Crippen molar-refractivity contribution in [3.63, 3.8) is 0 Å². The van der Waals surface area contributed by atoms with Gasteiger partial charge in [0.05, 0.1) is 7.11 Å². The number of Topliss-reactive ketones (excluding diaryl/α,β-unsaturated/α-hetero) is 1. The fourth-order valence-electron chi connectivity index (χ4n) is 3.31. The summed E-state index contributed by atoms with van der Waals surface area (Å²) in [5.41, 5.74) is 2.09. The number of rotatable bonds is 9. The Morgan fingerprint density at radius 2 is 1.77 bits per heavy atom. The number of hydrogen-bond donors (Lipinski definition) is 1. The summed E-state index contributed by atoms with van der Waals surface area (Å²) in [6.07, 6.45) is 2.26. The molecule has 1 atom stereocenters. The predicted octanol–water partition coefficient (Wildman–Crippen LogP) is 4.22. The van der Waals surface area contributed by atoms with Crippen molar-refractivity contribution >= 4 is 23.3 Å². The molecule has 0 saturated carbocycles. The molecule has 0 aliphatic heterocycles. The topological polar surface area (TPSA) is 81.4 Å². The molecule has 1 amide bonds. The van der Waals surface area contributed by atoms with Gasteiger partial charge in [0.2, 0.25) is 0 Å². The number of aromatic nitrogens is 1. The lowest BCUT2D eigenvalue weighted by molar-refractivity contribution is -0.118. The number of ketones is 1. The van der Waals surface area contributed by atoms with Crippen molar-refractivity contribution in [2.45, 2.75) is 25.2 Å². The molecular weight excluding hydrogens is 404 g/mol. The van der Waals surface area contributed by atoms with Crippen molar-refractivity contribution in [2.75, 3.05) is 14.2 Å². The van der Waals surface area contributed by atoms with E-state index in [0.717, 1.165) is 16.9 Å². The van der Waals surface area contributed by atoms with Gasteiger partial charge in [0.25, 0.3) is 5.91 Å². The third-order valence-electron chi connectivity index (χ3n) is 4.84. The molecule has 3 rings (SSSR count). The van der Waals surface area contributed by atoms with Crippen LogP contribution in [0.1, 0.15) is 39.7 Å². The van der Waals surface area contributed by atoms with E-state index in [0.29, 0.717) is 17.2 Å². The highest BCUT2D eigenvalue weighted by molar-refractivity contribution is 6.30. The molecule has 0 aliphatic rings. The zero-order valence-electron chi connectivity index (χ0n) is 16.9. The number of carbonyl (C=O) groups excluding carboxylic acids is 2. The maximum absolute atomic E-state index is 12.8. The molecule has 0 saturated heterocycles. The van der Waals surface area contributed by atoms with E-state index in [4.69, 9.17) is 20.8 Å². The molecule has 3 aromatic rings. The third-order valence-corrected chi connectivity index (χ3v) is 5.09. The zero-order chi connectivity index (χ0) is 21.5. The highest BCUT2D eigenvalue weighted by atomic mass is 35.5. The van der Waals surface area contributed by atoms with Gasteiger partial charge in [0.1, 0.15) is 17.3 Å². The van der Waals surface area contributed by atoms with Gasteiger partial charge >= 0.3 is 0 Å². The summed E-state index contributed by atoms with van der Waals surface area (Å²) in [6, 6.07) is 14.8. The Morgan fingerprint density at radius 1 is 1.10 bits per heavy atom. The average Bonchev–Trinajstić information content (AvgIpc) is 3.25. The number of hydrogen-bond acceptors (Lipinski definition) is 5. The van der Waals surface area contributed by atoms with E-state index >= 15 is 0 Å². The Morgan fingerprint density at radius 3 is 2.40 bits per heavy atom. The second kappa shape index (κ2) is 10.1. The molecule has 1 aromatic heterocycles. The Labute approximate surface area is 180 Å². The summed E-state index contributed by atoms with van der Waals surface area (Å²) in [7, 11) is 3.14. The summed E-state index contributed by atoms with van der Waals surface area (Å²) in [4.78, 5) is 29.1. The maximum atomic E-state index is 12.8. The van der Waals surface area contributed by atoms with Crippen LogP contribution in [0.15, 0.2) is 59.3 Å². The third kappa shape index (κ3) is 5.48. The zero-order valence-corrected chi connectivity index (χ0v) is 17.6. The minimum absolute atomic E-state index is 0.0371. The van der Waals surface area contributed by atoms with E-state index in [1.54, 1.807) is 19.2 Å². The second-order valence-electron chi connectivity index (χ2n) is 6.94. The molecule has 0 spiro atoms. The highest BCUT2D eigenvalue weighted by Crippen LogP contribution is 2.29. The van der Waals surface area contributed by atoms with Crippen molar-refractivity contribution in [1.82, 2.24) is 10.3 Å². The van der Waals surface area contributed by atoms with Gasteiger partial charge in [-0.25, -0.2) is 4.98 Å². The summed E-state index contributed by atoms with van der Waals surface area (Å²) < 4.78 is 10.8. The van der Waals surface area contributed by atoms with Gasteiger partial charge in [0, 0.05) is 30.8 Å². The largest absolute Gasteiger partial charge is 0.497 e. The second-order valence-corrected chi connectivity index (χ2v) is 7.38. The summed E-state index contributed by atoms with van der Waals surface area (Å²) >= 11 is 5.92. The van der Waals surface area contributed by atoms with Gasteiger partial charge in [0.15, 0.2) is 12.1 Å². The number of ether oxygens (including phenoxy) is 1. The van der Waals surface area contributed by atoms with Crippen LogP contribution in [-0.2, 0) is 17.6 Å². The number of nitrogens with one attached hydrogen (secondary N) is 1. The first-order valence-corrected chi connectivity index (χ1v) is 9.92. The minimum Gasteiger partial charge on any atom is -0.497 e. The Kier molecular flexibility index (Phi) is 7.25. The van der Waals surface area contributed by atoms with Crippen molar-refractivity contribution in [2.24, 2.45) is 0 Å². The number of benzene rings is 2. The number of nitrogens with zero attached hydrogens (tertiary/aromatic N) is 1. The van der Waals surface area contributed by atoms with Crippen LogP contribution >= 0.6 is 11.6 Å². The number of methoxy groups -OCH3 is 1. The molecule has 30 heavy (non-hydrogen) atoms. The van der Waals surface area contributed by atoms with Crippen LogP contribution in [0.5, 0.6) is 5.75 Å². The molecule has 6 nitrogen and oxygen atoms in total. The molecule has 1 N–H and O–H groups in total. The minimum atomic E-state index is -0.344. The normalized spacial score (nSPS) is 11.7. The number of oxazole rings is 1. The van der Waals surface area contributed by atoms with Crippen LogP contribution in [0, 0.1) is 0 Å². The smallest absolute Gasteiger partial charge is 0.273 e. The fraction of sp³-hybridized carbons (Fsp3) is 0.261. The van der Waals surface area contributed by atoms with Gasteiger partial charge in [-0.1, -0.05) is 35.9 Å². The summed E-state index contributed by atoms with van der Waals surface area (Å²) in [5.74, 6) is 0.529. The fourth-order valence-corrected chi connectivity index (χ4v) is 3.44. The number of halogens is 1. The van der Waals surface area contributed by atoms with E-state index in [9.17, 15) is 9.59 Å². The monoisotopic (exact) mass is 426 g/mol. The van der Waals surface area contributed by atoms with Crippen LogP contribution in [0.25, 0.3) is 0 Å². The predicted molar refractivity (Wildman–Crippen MR) is 114 cm³/mol. The molecule has 2 aromatic carbocycles. The van der Waals surface area contributed by atoms with Crippen molar-refractivity contribution in [1.29, 1.82) is 0 Å². The maximum Gasteiger partial charge on any atom is 0.273 e. The molecule has 0 unspecified atom stereocenters. The molecule has 0 aliphatic carbocycles. The highest BCUT2D eigenvalue weighted by Gasteiger charge is 2.26. The van der Waals surface area contributed by atoms with E-state index in [1.807, 2.05) is 36.4 Å². The van der Waals surface area contributed by atoms with Crippen molar-refractivity contribution in [3.8, 4) is 5.75 Å². The van der Waals surface area contributed by atoms with Gasteiger partial charge in [-0.2, -0.15) is 0 Å². The lowest BCUT2D eigenvalue weighted by Gasteiger charge is -2.15. The van der Waals surface area contributed by atoms with Crippen LogP contribution < -0.4 is 10.1 Å². The Balaban J connectivity index is 1.82. The standard InChI is InChI=1S/C23H23ClN2O4/c1-25-23(28)21-22(30-14-26-21)17(11-15-5-9-20(29-2)10-6-15)13-19(27)12-16-3-7-18(24)8-4-16/h3-10,14,17H,11-13H2,1-2H3,(H,25,28)/t17-/m1/s1. The Bertz CT molecular complexity index is 997. The lowest BCUT2D eigenvalue weighted by atomic mass is 9.89. The first-order chi connectivity index (χ1) is 14.5. The molecule has 0 radical (unpaired) electrons. The van der Waals surface area contributed by atoms with Gasteiger partial charge in [-0.05, 0) is 41.8 Å². The van der Waals surface area contributed by atoms with Gasteiger partial charge in [-0.15, -0.1) is 0 Å². The van der Waals surface area contributed by atoms with Crippen molar-refractivity contribution in [3.05, 3.63) is 82.5 Å².